The third-order valence-electron chi connectivity index (χ3n) is 1.52. The van der Waals surface area contributed by atoms with Crippen LogP contribution in [0.3, 0.4) is 0 Å². The van der Waals surface area contributed by atoms with Crippen LogP contribution in [-0.4, -0.2) is 19.2 Å². The molecule has 0 radical (unpaired) electrons. The molecule has 1 aromatic rings. The SMILES string of the molecule is C[Si](C)(C)C#Cc1ccc(OC(N)=O)cn1. The fourth-order valence-corrected chi connectivity index (χ4v) is 1.39. The van der Waals surface area contributed by atoms with E-state index in [-0.39, 0.29) is 0 Å². The largest absolute Gasteiger partial charge is 0.410 e. The highest BCUT2D eigenvalue weighted by atomic mass is 28.3. The van der Waals surface area contributed by atoms with Crippen molar-refractivity contribution in [1.82, 2.24) is 4.98 Å². The summed E-state index contributed by atoms with van der Waals surface area (Å²) in [4.78, 5) is 14.5. The van der Waals surface area contributed by atoms with E-state index in [2.05, 4.69) is 40.8 Å². The zero-order valence-electron chi connectivity index (χ0n) is 9.57. The average Bonchev–Trinajstić information content (AvgIpc) is 2.14. The molecule has 4 nitrogen and oxygen atoms in total. The van der Waals surface area contributed by atoms with Crippen LogP contribution in [0.15, 0.2) is 18.3 Å². The zero-order chi connectivity index (χ0) is 12.2. The van der Waals surface area contributed by atoms with Gasteiger partial charge in [0.2, 0.25) is 0 Å². The minimum absolute atomic E-state index is 0.325. The van der Waals surface area contributed by atoms with Gasteiger partial charge in [-0.3, -0.25) is 0 Å². The second-order valence-corrected chi connectivity index (χ2v) is 9.05. The number of ether oxygens (including phenoxy) is 1. The number of amides is 1. The van der Waals surface area contributed by atoms with Crippen molar-refractivity contribution >= 4 is 14.2 Å². The van der Waals surface area contributed by atoms with Gasteiger partial charge in [0.25, 0.3) is 0 Å². The number of carbonyl (C=O) groups excluding carboxylic acids is 1. The van der Waals surface area contributed by atoms with Gasteiger partial charge >= 0.3 is 6.09 Å². The highest BCUT2D eigenvalue weighted by Crippen LogP contribution is 2.08. The highest BCUT2D eigenvalue weighted by molar-refractivity contribution is 6.83. The monoisotopic (exact) mass is 234 g/mol. The van der Waals surface area contributed by atoms with Gasteiger partial charge in [-0.05, 0) is 12.1 Å². The molecule has 0 saturated heterocycles. The maximum absolute atomic E-state index is 10.5. The summed E-state index contributed by atoms with van der Waals surface area (Å²) in [5, 5.41) is 0. The molecule has 0 unspecified atom stereocenters. The van der Waals surface area contributed by atoms with Crippen molar-refractivity contribution in [3.8, 4) is 17.2 Å². The molecule has 16 heavy (non-hydrogen) atoms. The van der Waals surface area contributed by atoms with Gasteiger partial charge < -0.3 is 10.5 Å². The van der Waals surface area contributed by atoms with Crippen LogP contribution in [0.1, 0.15) is 5.69 Å². The Labute approximate surface area is 95.8 Å². The van der Waals surface area contributed by atoms with Crippen molar-refractivity contribution in [2.24, 2.45) is 5.73 Å². The maximum Gasteiger partial charge on any atom is 0.410 e. The molecule has 84 valence electrons. The Hall–Kier alpha value is -1.80. The first-order valence-corrected chi connectivity index (χ1v) is 8.33. The normalized spacial score (nSPS) is 10.2. The van der Waals surface area contributed by atoms with Crippen LogP contribution in [0.5, 0.6) is 5.75 Å². The Balaban J connectivity index is 2.78. The minimum Gasteiger partial charge on any atom is -0.409 e. The predicted molar refractivity (Wildman–Crippen MR) is 64.7 cm³/mol. The molecule has 0 aliphatic carbocycles. The van der Waals surface area contributed by atoms with Crippen LogP contribution in [0.2, 0.25) is 19.6 Å². The summed E-state index contributed by atoms with van der Waals surface area (Å²) in [5.41, 5.74) is 8.73. The first-order valence-electron chi connectivity index (χ1n) is 4.83. The number of hydrogen-bond donors (Lipinski definition) is 1. The van der Waals surface area contributed by atoms with Crippen molar-refractivity contribution in [1.29, 1.82) is 0 Å². The molecular formula is C11H14N2O2Si. The first-order chi connectivity index (χ1) is 7.37. The summed E-state index contributed by atoms with van der Waals surface area (Å²) < 4.78 is 4.65. The molecule has 0 aliphatic rings. The quantitative estimate of drug-likeness (QED) is 0.595. The van der Waals surface area contributed by atoms with Crippen LogP contribution in [-0.2, 0) is 0 Å². The van der Waals surface area contributed by atoms with Crippen LogP contribution >= 0.6 is 0 Å². The van der Waals surface area contributed by atoms with E-state index < -0.39 is 14.2 Å². The molecule has 1 rings (SSSR count). The number of aromatic nitrogens is 1. The molecule has 0 fully saturated rings. The number of hydrogen-bond acceptors (Lipinski definition) is 3. The second kappa shape index (κ2) is 4.81. The molecule has 2 N–H and O–H groups in total. The summed E-state index contributed by atoms with van der Waals surface area (Å²) in [6, 6.07) is 3.32. The lowest BCUT2D eigenvalue weighted by molar-refractivity contribution is 0.210. The predicted octanol–water partition coefficient (Wildman–Crippen LogP) is 1.77. The van der Waals surface area contributed by atoms with Gasteiger partial charge in [-0.1, -0.05) is 25.6 Å². The van der Waals surface area contributed by atoms with Crippen LogP contribution in [0.25, 0.3) is 0 Å². The lowest BCUT2D eigenvalue weighted by atomic mass is 10.3. The lowest BCUT2D eigenvalue weighted by Gasteiger charge is -2.03. The summed E-state index contributed by atoms with van der Waals surface area (Å²) in [6.45, 7) is 6.47. The zero-order valence-corrected chi connectivity index (χ0v) is 10.6. The summed E-state index contributed by atoms with van der Waals surface area (Å²) >= 11 is 0. The Bertz CT molecular complexity index is 438. The maximum atomic E-state index is 10.5. The third-order valence-corrected chi connectivity index (χ3v) is 2.40. The molecule has 0 spiro atoms. The Morgan fingerprint density at radius 2 is 2.12 bits per heavy atom. The summed E-state index contributed by atoms with van der Waals surface area (Å²) in [5.74, 6) is 3.32. The van der Waals surface area contributed by atoms with Crippen LogP contribution in [0, 0.1) is 11.5 Å². The Morgan fingerprint density at radius 3 is 2.56 bits per heavy atom. The molecule has 0 bridgehead atoms. The van der Waals surface area contributed by atoms with Crippen molar-refractivity contribution < 1.29 is 9.53 Å². The number of pyridine rings is 1. The highest BCUT2D eigenvalue weighted by Gasteiger charge is 2.07. The van der Waals surface area contributed by atoms with E-state index in [1.54, 1.807) is 12.1 Å². The van der Waals surface area contributed by atoms with Gasteiger partial charge in [0.1, 0.15) is 13.8 Å². The molecule has 1 aromatic heterocycles. The number of nitrogens with zero attached hydrogens (tertiary/aromatic N) is 1. The number of primary amides is 1. The smallest absolute Gasteiger partial charge is 0.409 e. The fourth-order valence-electron chi connectivity index (χ4n) is 0.882. The number of nitrogens with two attached hydrogens (primary N) is 1. The standard InChI is InChI=1S/C11H14N2O2Si/c1-16(2,3)7-6-9-4-5-10(8-13-9)15-11(12)14/h4-5,8H,1-3H3,(H2,12,14). The van der Waals surface area contributed by atoms with E-state index in [9.17, 15) is 4.79 Å². The van der Waals surface area contributed by atoms with E-state index in [4.69, 9.17) is 5.73 Å². The molecule has 0 aromatic carbocycles. The molecule has 1 heterocycles. The minimum atomic E-state index is -1.39. The van der Waals surface area contributed by atoms with E-state index in [0.717, 1.165) is 0 Å². The number of carbonyl (C=O) groups is 1. The molecule has 1 amide bonds. The topological polar surface area (TPSA) is 65.2 Å². The third kappa shape index (κ3) is 4.62. The van der Waals surface area contributed by atoms with E-state index in [0.29, 0.717) is 11.4 Å². The van der Waals surface area contributed by atoms with Crippen molar-refractivity contribution in [3.63, 3.8) is 0 Å². The van der Waals surface area contributed by atoms with Crippen molar-refractivity contribution in [2.75, 3.05) is 0 Å². The lowest BCUT2D eigenvalue weighted by Crippen LogP contribution is -2.16. The Kier molecular flexibility index (Phi) is 3.69. The molecule has 0 saturated carbocycles. The molecular weight excluding hydrogens is 220 g/mol. The Morgan fingerprint density at radius 1 is 1.44 bits per heavy atom. The second-order valence-electron chi connectivity index (χ2n) is 4.30. The van der Waals surface area contributed by atoms with Crippen molar-refractivity contribution in [2.45, 2.75) is 19.6 Å². The van der Waals surface area contributed by atoms with E-state index in [1.807, 2.05) is 0 Å². The first kappa shape index (κ1) is 12.3. The van der Waals surface area contributed by atoms with Gasteiger partial charge in [0.15, 0.2) is 5.75 Å². The van der Waals surface area contributed by atoms with Gasteiger partial charge in [-0.2, -0.15) is 0 Å². The van der Waals surface area contributed by atoms with Gasteiger partial charge in [-0.25, -0.2) is 9.78 Å². The fraction of sp³-hybridized carbons (Fsp3) is 0.273. The average molecular weight is 234 g/mol. The van der Waals surface area contributed by atoms with Gasteiger partial charge in [-0.15, -0.1) is 5.54 Å². The molecule has 0 aliphatic heterocycles. The summed E-state index contributed by atoms with van der Waals surface area (Å²) in [7, 11) is -1.39. The van der Waals surface area contributed by atoms with Crippen LogP contribution in [0.4, 0.5) is 4.79 Å². The van der Waals surface area contributed by atoms with Gasteiger partial charge in [0, 0.05) is 0 Å². The summed E-state index contributed by atoms with van der Waals surface area (Å²) in [6.07, 6.45) is 0.585. The van der Waals surface area contributed by atoms with Gasteiger partial charge in [0.05, 0.1) is 6.20 Å². The number of rotatable bonds is 1. The molecule has 5 heteroatoms. The molecule has 0 atom stereocenters. The van der Waals surface area contributed by atoms with Crippen molar-refractivity contribution in [3.05, 3.63) is 24.0 Å². The van der Waals surface area contributed by atoms with Crippen LogP contribution < -0.4 is 10.5 Å². The van der Waals surface area contributed by atoms with E-state index in [1.165, 1.54) is 6.20 Å². The van der Waals surface area contributed by atoms with E-state index >= 15 is 0 Å².